The fourth-order valence-electron chi connectivity index (χ4n) is 4.96. The highest BCUT2D eigenvalue weighted by Crippen LogP contribution is 2.40. The Bertz CT molecular complexity index is 428. The molecule has 0 spiro atoms. The summed E-state index contributed by atoms with van der Waals surface area (Å²) in [6.07, 6.45) is 12.7. The molecule has 0 aromatic heterocycles. The van der Waals surface area contributed by atoms with Crippen molar-refractivity contribution in [3.05, 3.63) is 35.4 Å². The average Bonchev–Trinajstić information content (AvgIpc) is 2.75. The highest BCUT2D eigenvalue weighted by molar-refractivity contribution is 5.30. The molecule has 2 atom stereocenters. The molecule has 0 radical (unpaired) electrons. The van der Waals surface area contributed by atoms with Crippen LogP contribution in [0.5, 0.6) is 0 Å². The molecular formula is C19H27N. The van der Waals surface area contributed by atoms with Crippen LogP contribution in [0, 0.1) is 11.8 Å². The van der Waals surface area contributed by atoms with Crippen molar-refractivity contribution in [2.75, 3.05) is 0 Å². The monoisotopic (exact) mass is 269 g/mol. The summed E-state index contributed by atoms with van der Waals surface area (Å²) < 4.78 is 0. The van der Waals surface area contributed by atoms with Gasteiger partial charge in [0.1, 0.15) is 0 Å². The van der Waals surface area contributed by atoms with Gasteiger partial charge in [-0.25, -0.2) is 0 Å². The summed E-state index contributed by atoms with van der Waals surface area (Å²) in [5, 5.41) is 4.09. The Hall–Kier alpha value is -0.820. The Kier molecular flexibility index (Phi) is 3.56. The van der Waals surface area contributed by atoms with E-state index in [1.165, 1.54) is 57.8 Å². The molecule has 2 saturated carbocycles. The van der Waals surface area contributed by atoms with Crippen molar-refractivity contribution in [2.45, 2.75) is 69.9 Å². The first kappa shape index (κ1) is 12.9. The molecule has 108 valence electrons. The topological polar surface area (TPSA) is 12.0 Å². The van der Waals surface area contributed by atoms with E-state index in [1.54, 1.807) is 11.1 Å². The van der Waals surface area contributed by atoms with E-state index < -0.39 is 0 Å². The lowest BCUT2D eigenvalue weighted by Crippen LogP contribution is -2.45. The number of benzene rings is 1. The molecule has 0 amide bonds. The minimum Gasteiger partial charge on any atom is -0.311 e. The first-order valence-electron chi connectivity index (χ1n) is 8.73. The lowest BCUT2D eigenvalue weighted by Gasteiger charge is -2.31. The smallest absolute Gasteiger partial charge is 0.0132 e. The largest absolute Gasteiger partial charge is 0.311 e. The molecule has 4 rings (SSSR count). The summed E-state index contributed by atoms with van der Waals surface area (Å²) in [7, 11) is 0. The molecule has 2 bridgehead atoms. The minimum absolute atomic E-state index is 0.797. The van der Waals surface area contributed by atoms with Crippen LogP contribution in [0.2, 0.25) is 0 Å². The zero-order valence-corrected chi connectivity index (χ0v) is 12.5. The molecule has 3 aliphatic rings. The second-order valence-electron chi connectivity index (χ2n) is 7.30. The van der Waals surface area contributed by atoms with Crippen LogP contribution in [0.15, 0.2) is 24.3 Å². The van der Waals surface area contributed by atoms with Gasteiger partial charge in [0, 0.05) is 12.1 Å². The normalized spacial score (nSPS) is 33.7. The summed E-state index contributed by atoms with van der Waals surface area (Å²) in [5.74, 6) is 1.79. The molecule has 0 heterocycles. The maximum Gasteiger partial charge on any atom is 0.0132 e. The number of fused-ring (bicyclic) bond motifs is 3. The molecule has 1 N–H and O–H groups in total. The van der Waals surface area contributed by atoms with Crippen LogP contribution in [0.1, 0.15) is 56.1 Å². The SMILES string of the molecule is c1ccc2c(c1)CC1CCC(C2)C1NC1CCCCC1. The van der Waals surface area contributed by atoms with Gasteiger partial charge in [-0.1, -0.05) is 43.5 Å². The van der Waals surface area contributed by atoms with Gasteiger partial charge in [-0.3, -0.25) is 0 Å². The van der Waals surface area contributed by atoms with Gasteiger partial charge >= 0.3 is 0 Å². The van der Waals surface area contributed by atoms with Gasteiger partial charge in [-0.05, 0) is 61.5 Å². The molecule has 0 saturated heterocycles. The summed E-state index contributed by atoms with van der Waals surface area (Å²) in [6, 6.07) is 10.8. The molecule has 1 aromatic carbocycles. The lowest BCUT2D eigenvalue weighted by atomic mass is 9.90. The highest BCUT2D eigenvalue weighted by atomic mass is 15.0. The van der Waals surface area contributed by atoms with Gasteiger partial charge < -0.3 is 5.32 Å². The Labute approximate surface area is 123 Å². The summed E-state index contributed by atoms with van der Waals surface area (Å²) >= 11 is 0. The number of hydrogen-bond acceptors (Lipinski definition) is 1. The standard InChI is InChI=1S/C19H27N/c1-2-8-18(9-3-1)20-19-16-10-11-17(19)13-15-7-5-4-6-14(15)12-16/h4-7,16-20H,1-3,8-13H2. The Balaban J connectivity index is 1.51. The molecule has 0 aliphatic heterocycles. The van der Waals surface area contributed by atoms with E-state index >= 15 is 0 Å². The Morgan fingerprint density at radius 1 is 0.750 bits per heavy atom. The van der Waals surface area contributed by atoms with E-state index in [2.05, 4.69) is 29.6 Å². The van der Waals surface area contributed by atoms with Gasteiger partial charge in [0.2, 0.25) is 0 Å². The highest BCUT2D eigenvalue weighted by Gasteiger charge is 2.39. The van der Waals surface area contributed by atoms with Crippen molar-refractivity contribution < 1.29 is 0 Å². The zero-order chi connectivity index (χ0) is 13.4. The summed E-state index contributed by atoms with van der Waals surface area (Å²) in [4.78, 5) is 0. The van der Waals surface area contributed by atoms with E-state index in [0.29, 0.717) is 0 Å². The van der Waals surface area contributed by atoms with Crippen molar-refractivity contribution in [3.63, 3.8) is 0 Å². The van der Waals surface area contributed by atoms with Gasteiger partial charge in [0.05, 0.1) is 0 Å². The quantitative estimate of drug-likeness (QED) is 0.852. The van der Waals surface area contributed by atoms with Crippen molar-refractivity contribution in [3.8, 4) is 0 Å². The molecule has 2 unspecified atom stereocenters. The average molecular weight is 269 g/mol. The van der Waals surface area contributed by atoms with Crippen molar-refractivity contribution >= 4 is 0 Å². The molecule has 3 aliphatic carbocycles. The molecule has 20 heavy (non-hydrogen) atoms. The molecule has 1 nitrogen and oxygen atoms in total. The van der Waals surface area contributed by atoms with Gasteiger partial charge in [-0.15, -0.1) is 0 Å². The predicted octanol–water partition coefficient (Wildman–Crippen LogP) is 4.10. The first-order valence-corrected chi connectivity index (χ1v) is 8.73. The third-order valence-electron chi connectivity index (χ3n) is 6.04. The number of hydrogen-bond donors (Lipinski definition) is 1. The van der Waals surface area contributed by atoms with Crippen molar-refractivity contribution in [2.24, 2.45) is 11.8 Å². The number of rotatable bonds is 2. The Morgan fingerprint density at radius 2 is 1.35 bits per heavy atom. The second-order valence-corrected chi connectivity index (χ2v) is 7.30. The third-order valence-corrected chi connectivity index (χ3v) is 6.04. The second kappa shape index (κ2) is 5.52. The predicted molar refractivity (Wildman–Crippen MR) is 83.9 cm³/mol. The van der Waals surface area contributed by atoms with Gasteiger partial charge in [-0.2, -0.15) is 0 Å². The first-order chi connectivity index (χ1) is 9.90. The van der Waals surface area contributed by atoms with Crippen LogP contribution in [-0.2, 0) is 12.8 Å². The maximum atomic E-state index is 4.09. The van der Waals surface area contributed by atoms with Crippen LogP contribution >= 0.6 is 0 Å². The van der Waals surface area contributed by atoms with Crippen LogP contribution < -0.4 is 5.32 Å². The lowest BCUT2D eigenvalue weighted by molar-refractivity contribution is 0.267. The van der Waals surface area contributed by atoms with E-state index in [0.717, 1.165) is 23.9 Å². The van der Waals surface area contributed by atoms with Crippen LogP contribution in [-0.4, -0.2) is 12.1 Å². The third kappa shape index (κ3) is 2.41. The maximum absolute atomic E-state index is 4.09. The van der Waals surface area contributed by atoms with Gasteiger partial charge in [0.15, 0.2) is 0 Å². The Morgan fingerprint density at radius 3 is 1.95 bits per heavy atom. The minimum atomic E-state index is 0.797. The fraction of sp³-hybridized carbons (Fsp3) is 0.684. The van der Waals surface area contributed by atoms with E-state index in [1.807, 2.05) is 0 Å². The van der Waals surface area contributed by atoms with Crippen LogP contribution in [0.25, 0.3) is 0 Å². The van der Waals surface area contributed by atoms with Crippen molar-refractivity contribution in [1.82, 2.24) is 5.32 Å². The van der Waals surface area contributed by atoms with Crippen LogP contribution in [0.3, 0.4) is 0 Å². The van der Waals surface area contributed by atoms with Crippen molar-refractivity contribution in [1.29, 1.82) is 0 Å². The zero-order valence-electron chi connectivity index (χ0n) is 12.5. The summed E-state index contributed by atoms with van der Waals surface area (Å²) in [5.41, 5.74) is 3.27. The van der Waals surface area contributed by atoms with Gasteiger partial charge in [0.25, 0.3) is 0 Å². The number of nitrogens with one attached hydrogen (secondary N) is 1. The fourth-order valence-corrected chi connectivity index (χ4v) is 4.96. The van der Waals surface area contributed by atoms with E-state index in [9.17, 15) is 0 Å². The van der Waals surface area contributed by atoms with E-state index in [4.69, 9.17) is 0 Å². The molecule has 1 aromatic rings. The molecule has 2 fully saturated rings. The van der Waals surface area contributed by atoms with Crippen LogP contribution in [0.4, 0.5) is 0 Å². The summed E-state index contributed by atoms with van der Waals surface area (Å²) in [6.45, 7) is 0. The molecular weight excluding hydrogens is 242 g/mol. The molecule has 1 heteroatoms. The van der Waals surface area contributed by atoms with E-state index in [-0.39, 0.29) is 0 Å².